The van der Waals surface area contributed by atoms with Gasteiger partial charge in [-0.2, -0.15) is 0 Å². The van der Waals surface area contributed by atoms with E-state index in [9.17, 15) is 0 Å². The van der Waals surface area contributed by atoms with Crippen LogP contribution in [0.4, 0.5) is 0 Å². The molecule has 2 rings (SSSR count). The minimum Gasteiger partial charge on any atom is -0.312 e. The summed E-state index contributed by atoms with van der Waals surface area (Å²) in [6, 6.07) is 4.16. The summed E-state index contributed by atoms with van der Waals surface area (Å²) in [7, 11) is 0. The van der Waals surface area contributed by atoms with Crippen molar-refractivity contribution in [2.24, 2.45) is 0 Å². The summed E-state index contributed by atoms with van der Waals surface area (Å²) in [6.07, 6.45) is 1.09. The molecule has 0 saturated carbocycles. The highest BCUT2D eigenvalue weighted by atomic mass is 79.9. The van der Waals surface area contributed by atoms with E-state index in [-0.39, 0.29) is 0 Å². The maximum absolute atomic E-state index is 5.98. The van der Waals surface area contributed by atoms with Gasteiger partial charge in [-0.15, -0.1) is 0 Å². The molecule has 1 aromatic rings. The number of hydrogen-bond acceptors (Lipinski definition) is 1. The lowest BCUT2D eigenvalue weighted by Gasteiger charge is -2.17. The number of fused-ring (bicyclic) bond motifs is 1. The Morgan fingerprint density at radius 2 is 2.17 bits per heavy atom. The Morgan fingerprint density at radius 3 is 3.00 bits per heavy atom. The summed E-state index contributed by atoms with van der Waals surface area (Å²) in [5, 5.41) is 4.14. The molecule has 0 bridgehead atoms. The van der Waals surface area contributed by atoms with Crippen LogP contribution in [0.5, 0.6) is 0 Å². The molecule has 0 spiro atoms. The number of hydrogen-bond donors (Lipinski definition) is 1. The summed E-state index contributed by atoms with van der Waals surface area (Å²) >= 11 is 9.39. The smallest absolute Gasteiger partial charge is 0.0551 e. The molecule has 0 radical (unpaired) electrons. The maximum atomic E-state index is 5.98. The van der Waals surface area contributed by atoms with Crippen LogP contribution in [0.1, 0.15) is 11.1 Å². The lowest BCUT2D eigenvalue weighted by molar-refractivity contribution is 0.643. The first kappa shape index (κ1) is 8.54. The standard InChI is InChI=1S/C9H9BrClN/c10-8-3-7-5-12-2-1-6(7)4-9(8)11/h3-4,12H,1-2,5H2. The van der Waals surface area contributed by atoms with Gasteiger partial charge in [0.2, 0.25) is 0 Å². The third kappa shape index (κ3) is 1.51. The van der Waals surface area contributed by atoms with Crippen molar-refractivity contribution >= 4 is 27.5 Å². The highest BCUT2D eigenvalue weighted by Crippen LogP contribution is 2.27. The second kappa shape index (κ2) is 3.36. The zero-order valence-corrected chi connectivity index (χ0v) is 8.87. The first-order valence-electron chi connectivity index (χ1n) is 3.95. The fraction of sp³-hybridized carbons (Fsp3) is 0.333. The van der Waals surface area contributed by atoms with Crippen LogP contribution >= 0.6 is 27.5 Å². The summed E-state index contributed by atoms with van der Waals surface area (Å²) in [6.45, 7) is 2.02. The van der Waals surface area contributed by atoms with Crippen LogP contribution in [0.15, 0.2) is 16.6 Å². The van der Waals surface area contributed by atoms with E-state index in [1.807, 2.05) is 0 Å². The van der Waals surface area contributed by atoms with E-state index in [1.54, 1.807) is 0 Å². The summed E-state index contributed by atoms with van der Waals surface area (Å²) in [5.41, 5.74) is 2.74. The predicted octanol–water partition coefficient (Wildman–Crippen LogP) is 2.75. The van der Waals surface area contributed by atoms with E-state index in [2.05, 4.69) is 33.4 Å². The fourth-order valence-electron chi connectivity index (χ4n) is 1.47. The molecule has 0 unspecified atom stereocenters. The van der Waals surface area contributed by atoms with Crippen LogP contribution in [0.25, 0.3) is 0 Å². The van der Waals surface area contributed by atoms with Gasteiger partial charge in [0, 0.05) is 11.0 Å². The van der Waals surface area contributed by atoms with Crippen molar-refractivity contribution in [2.75, 3.05) is 6.54 Å². The van der Waals surface area contributed by atoms with Crippen molar-refractivity contribution in [3.05, 3.63) is 32.8 Å². The van der Waals surface area contributed by atoms with Crippen molar-refractivity contribution < 1.29 is 0 Å². The van der Waals surface area contributed by atoms with Crippen LogP contribution < -0.4 is 5.32 Å². The Bertz CT molecular complexity index is 281. The zero-order valence-electron chi connectivity index (χ0n) is 6.53. The second-order valence-corrected chi connectivity index (χ2v) is 4.22. The van der Waals surface area contributed by atoms with Gasteiger partial charge in [-0.05, 0) is 52.2 Å². The van der Waals surface area contributed by atoms with Crippen LogP contribution in [0.3, 0.4) is 0 Å². The predicted molar refractivity (Wildman–Crippen MR) is 54.6 cm³/mol. The lowest BCUT2D eigenvalue weighted by atomic mass is 10.0. The summed E-state index contributed by atoms with van der Waals surface area (Å²) in [4.78, 5) is 0. The van der Waals surface area contributed by atoms with Crippen molar-refractivity contribution in [1.29, 1.82) is 0 Å². The molecular formula is C9H9BrClN. The Labute approximate surface area is 85.2 Å². The van der Waals surface area contributed by atoms with Gasteiger partial charge in [0.15, 0.2) is 0 Å². The molecule has 1 aromatic carbocycles. The van der Waals surface area contributed by atoms with Gasteiger partial charge in [-0.3, -0.25) is 0 Å². The molecule has 0 aliphatic carbocycles. The molecule has 1 heterocycles. The van der Waals surface area contributed by atoms with Crippen molar-refractivity contribution in [2.45, 2.75) is 13.0 Å². The molecule has 0 fully saturated rings. The minimum atomic E-state index is 0.815. The first-order chi connectivity index (χ1) is 5.77. The van der Waals surface area contributed by atoms with Gasteiger partial charge in [-0.25, -0.2) is 0 Å². The molecule has 1 N–H and O–H groups in total. The van der Waals surface area contributed by atoms with Crippen LogP contribution in [0, 0.1) is 0 Å². The normalized spacial score (nSPS) is 15.8. The average molecular weight is 247 g/mol. The molecule has 0 aromatic heterocycles. The van der Waals surface area contributed by atoms with E-state index in [4.69, 9.17) is 11.6 Å². The number of rotatable bonds is 0. The minimum absolute atomic E-state index is 0.815. The van der Waals surface area contributed by atoms with Gasteiger partial charge in [-0.1, -0.05) is 11.6 Å². The Balaban J connectivity index is 2.49. The third-order valence-electron chi connectivity index (χ3n) is 2.13. The summed E-state index contributed by atoms with van der Waals surface area (Å²) < 4.78 is 0.992. The lowest BCUT2D eigenvalue weighted by Crippen LogP contribution is -2.23. The van der Waals surface area contributed by atoms with E-state index in [0.717, 1.165) is 29.0 Å². The highest BCUT2D eigenvalue weighted by molar-refractivity contribution is 9.10. The first-order valence-corrected chi connectivity index (χ1v) is 5.12. The molecule has 1 nitrogen and oxygen atoms in total. The van der Waals surface area contributed by atoms with Gasteiger partial charge < -0.3 is 5.32 Å². The average Bonchev–Trinajstić information content (AvgIpc) is 2.07. The van der Waals surface area contributed by atoms with E-state index in [0.29, 0.717) is 0 Å². The topological polar surface area (TPSA) is 12.0 Å². The molecular weight excluding hydrogens is 237 g/mol. The quantitative estimate of drug-likeness (QED) is 0.742. The van der Waals surface area contributed by atoms with Gasteiger partial charge >= 0.3 is 0 Å². The number of halogens is 2. The molecule has 0 saturated heterocycles. The molecule has 1 aliphatic heterocycles. The van der Waals surface area contributed by atoms with Crippen LogP contribution in [0.2, 0.25) is 5.02 Å². The van der Waals surface area contributed by atoms with Crippen LogP contribution in [-0.2, 0) is 13.0 Å². The highest BCUT2D eigenvalue weighted by Gasteiger charge is 2.10. The zero-order chi connectivity index (χ0) is 8.55. The van der Waals surface area contributed by atoms with E-state index in [1.165, 1.54) is 11.1 Å². The third-order valence-corrected chi connectivity index (χ3v) is 3.33. The monoisotopic (exact) mass is 245 g/mol. The fourth-order valence-corrected chi connectivity index (χ4v) is 2.05. The van der Waals surface area contributed by atoms with Gasteiger partial charge in [0.1, 0.15) is 0 Å². The SMILES string of the molecule is Clc1cc2c(cc1Br)CNCC2. The molecule has 64 valence electrons. The number of nitrogens with one attached hydrogen (secondary N) is 1. The van der Waals surface area contributed by atoms with Gasteiger partial charge in [0.05, 0.1) is 5.02 Å². The van der Waals surface area contributed by atoms with E-state index < -0.39 is 0 Å². The van der Waals surface area contributed by atoms with Crippen LogP contribution in [-0.4, -0.2) is 6.54 Å². The molecule has 3 heteroatoms. The largest absolute Gasteiger partial charge is 0.312 e. The van der Waals surface area contributed by atoms with Gasteiger partial charge in [0.25, 0.3) is 0 Å². The number of benzene rings is 1. The molecule has 0 amide bonds. The van der Waals surface area contributed by atoms with Crippen molar-refractivity contribution in [1.82, 2.24) is 5.32 Å². The molecule has 1 aliphatic rings. The van der Waals surface area contributed by atoms with E-state index >= 15 is 0 Å². The van der Waals surface area contributed by atoms with Crippen molar-refractivity contribution in [3.63, 3.8) is 0 Å². The second-order valence-electron chi connectivity index (χ2n) is 2.96. The maximum Gasteiger partial charge on any atom is 0.0551 e. The Hall–Kier alpha value is -0.0500. The van der Waals surface area contributed by atoms with Crippen molar-refractivity contribution in [3.8, 4) is 0 Å². The molecule has 0 atom stereocenters. The molecule has 12 heavy (non-hydrogen) atoms. The Kier molecular flexibility index (Phi) is 2.40. The summed E-state index contributed by atoms with van der Waals surface area (Å²) in [5.74, 6) is 0. The Morgan fingerprint density at radius 1 is 1.33 bits per heavy atom.